The number of amides is 1. The zero-order chi connectivity index (χ0) is 14.0. The Labute approximate surface area is 114 Å². The fourth-order valence-corrected chi connectivity index (χ4v) is 2.34. The third-order valence-electron chi connectivity index (χ3n) is 3.91. The molecule has 0 aromatic carbocycles. The topological polar surface area (TPSA) is 29.1 Å². The Balaban J connectivity index is 4.13. The van der Waals surface area contributed by atoms with Crippen molar-refractivity contribution in [1.29, 1.82) is 0 Å². The summed E-state index contributed by atoms with van der Waals surface area (Å²) in [7, 11) is 0. The van der Waals surface area contributed by atoms with Crippen LogP contribution in [0.15, 0.2) is 0 Å². The van der Waals surface area contributed by atoms with Crippen LogP contribution in [0, 0.1) is 11.8 Å². The van der Waals surface area contributed by atoms with Gasteiger partial charge in [-0.2, -0.15) is 0 Å². The number of hydrogen-bond acceptors (Lipinski definition) is 1. The van der Waals surface area contributed by atoms with Gasteiger partial charge in [0.2, 0.25) is 5.91 Å². The van der Waals surface area contributed by atoms with Crippen LogP contribution in [0.5, 0.6) is 0 Å². The van der Waals surface area contributed by atoms with E-state index < -0.39 is 0 Å². The van der Waals surface area contributed by atoms with E-state index in [0.29, 0.717) is 12.0 Å². The van der Waals surface area contributed by atoms with Gasteiger partial charge in [0.15, 0.2) is 0 Å². The predicted octanol–water partition coefficient (Wildman–Crippen LogP) is 4.53. The normalized spacial score (nSPS) is 16.1. The molecule has 0 spiro atoms. The molecule has 0 bridgehead atoms. The van der Waals surface area contributed by atoms with E-state index in [-0.39, 0.29) is 11.8 Å². The summed E-state index contributed by atoms with van der Waals surface area (Å²) in [5.41, 5.74) is 0. The molecule has 0 heterocycles. The molecule has 0 aliphatic rings. The minimum atomic E-state index is 0.164. The van der Waals surface area contributed by atoms with Crippen molar-refractivity contribution < 1.29 is 4.79 Å². The van der Waals surface area contributed by atoms with E-state index in [1.807, 2.05) is 0 Å². The van der Waals surface area contributed by atoms with Gasteiger partial charge < -0.3 is 5.32 Å². The Bertz CT molecular complexity index is 215. The fourth-order valence-electron chi connectivity index (χ4n) is 2.34. The number of nitrogens with one attached hydrogen (secondary N) is 1. The van der Waals surface area contributed by atoms with Gasteiger partial charge in [0.1, 0.15) is 0 Å². The van der Waals surface area contributed by atoms with Gasteiger partial charge in [0.25, 0.3) is 0 Å². The summed E-state index contributed by atoms with van der Waals surface area (Å²) in [6, 6.07) is 0.355. The summed E-state index contributed by atoms with van der Waals surface area (Å²) in [6.45, 7) is 10.9. The van der Waals surface area contributed by atoms with Crippen molar-refractivity contribution >= 4 is 5.91 Å². The van der Waals surface area contributed by atoms with Crippen molar-refractivity contribution in [1.82, 2.24) is 5.32 Å². The average Bonchev–Trinajstić information content (AvgIpc) is 2.38. The van der Waals surface area contributed by atoms with E-state index >= 15 is 0 Å². The molecule has 1 N–H and O–H groups in total. The van der Waals surface area contributed by atoms with Crippen LogP contribution in [0.4, 0.5) is 0 Å². The second kappa shape index (κ2) is 10.4. The molecule has 0 aromatic heterocycles. The minimum Gasteiger partial charge on any atom is -0.353 e. The smallest absolute Gasteiger partial charge is 0.223 e. The first-order chi connectivity index (χ1) is 8.56. The number of hydrogen-bond donors (Lipinski definition) is 1. The third-order valence-corrected chi connectivity index (χ3v) is 3.91. The maximum atomic E-state index is 12.1. The van der Waals surface area contributed by atoms with Crippen molar-refractivity contribution in [3.05, 3.63) is 0 Å². The third kappa shape index (κ3) is 7.03. The van der Waals surface area contributed by atoms with Crippen LogP contribution in [-0.4, -0.2) is 11.9 Å². The zero-order valence-electron chi connectivity index (χ0n) is 13.1. The molecule has 0 aliphatic heterocycles. The highest BCUT2D eigenvalue weighted by Gasteiger charge is 2.20. The predicted molar refractivity (Wildman–Crippen MR) is 79.6 cm³/mol. The summed E-state index contributed by atoms with van der Waals surface area (Å²) in [6.07, 6.45) is 8.09. The van der Waals surface area contributed by atoms with Crippen molar-refractivity contribution in [3.63, 3.8) is 0 Å². The number of unbranched alkanes of at least 4 members (excludes halogenated alkanes) is 2. The van der Waals surface area contributed by atoms with Crippen LogP contribution in [0.25, 0.3) is 0 Å². The molecule has 18 heavy (non-hydrogen) atoms. The number of carbonyl (C=O) groups is 1. The molecule has 0 fully saturated rings. The largest absolute Gasteiger partial charge is 0.353 e. The van der Waals surface area contributed by atoms with E-state index in [1.54, 1.807) is 0 Å². The molecule has 108 valence electrons. The highest BCUT2D eigenvalue weighted by molar-refractivity contribution is 5.78. The van der Waals surface area contributed by atoms with Gasteiger partial charge in [-0.1, -0.05) is 60.3 Å². The summed E-state index contributed by atoms with van der Waals surface area (Å²) in [5.74, 6) is 1.01. The van der Waals surface area contributed by atoms with Crippen LogP contribution in [0.2, 0.25) is 0 Å². The average molecular weight is 255 g/mol. The lowest BCUT2D eigenvalue weighted by Crippen LogP contribution is -2.41. The SMILES string of the molecule is CCCCC(C)C(=O)NC(CC)C(C)CCCC. The number of rotatable bonds is 10. The Kier molecular flexibility index (Phi) is 10.1. The van der Waals surface area contributed by atoms with E-state index in [1.165, 1.54) is 25.7 Å². The van der Waals surface area contributed by atoms with Gasteiger partial charge in [-0.15, -0.1) is 0 Å². The molecule has 2 heteroatoms. The van der Waals surface area contributed by atoms with Crippen LogP contribution in [0.3, 0.4) is 0 Å². The molecule has 0 rings (SSSR count). The van der Waals surface area contributed by atoms with Crippen LogP contribution >= 0.6 is 0 Å². The van der Waals surface area contributed by atoms with E-state index in [9.17, 15) is 4.79 Å². The van der Waals surface area contributed by atoms with Crippen molar-refractivity contribution in [2.75, 3.05) is 0 Å². The fraction of sp³-hybridized carbons (Fsp3) is 0.938. The lowest BCUT2D eigenvalue weighted by atomic mass is 9.93. The Morgan fingerprint density at radius 2 is 1.56 bits per heavy atom. The zero-order valence-corrected chi connectivity index (χ0v) is 13.1. The number of carbonyl (C=O) groups excluding carboxylic acids is 1. The Morgan fingerprint density at radius 3 is 2.06 bits per heavy atom. The summed E-state index contributed by atoms with van der Waals surface area (Å²) in [4.78, 5) is 12.1. The van der Waals surface area contributed by atoms with E-state index in [4.69, 9.17) is 0 Å². The second-order valence-electron chi connectivity index (χ2n) is 5.69. The van der Waals surface area contributed by atoms with Crippen LogP contribution < -0.4 is 5.32 Å². The highest BCUT2D eigenvalue weighted by Crippen LogP contribution is 2.16. The molecule has 2 nitrogen and oxygen atoms in total. The van der Waals surface area contributed by atoms with Crippen molar-refractivity contribution in [2.24, 2.45) is 11.8 Å². The quantitative estimate of drug-likeness (QED) is 0.610. The standard InChI is InChI=1S/C16H33NO/c1-6-9-11-13(4)15(8-3)17-16(18)14(5)12-10-7-2/h13-15H,6-12H2,1-5H3,(H,17,18). The monoisotopic (exact) mass is 255 g/mol. The van der Waals surface area contributed by atoms with Gasteiger partial charge in [-0.3, -0.25) is 4.79 Å². The first-order valence-corrected chi connectivity index (χ1v) is 7.87. The molecule has 0 saturated carbocycles. The van der Waals surface area contributed by atoms with Crippen molar-refractivity contribution in [2.45, 2.75) is 85.6 Å². The first kappa shape index (κ1) is 17.5. The first-order valence-electron chi connectivity index (χ1n) is 7.87. The summed E-state index contributed by atoms with van der Waals surface area (Å²) >= 11 is 0. The van der Waals surface area contributed by atoms with Crippen LogP contribution in [0.1, 0.15) is 79.6 Å². The van der Waals surface area contributed by atoms with Gasteiger partial charge in [-0.05, 0) is 25.2 Å². The molecular formula is C16H33NO. The van der Waals surface area contributed by atoms with Gasteiger partial charge in [-0.25, -0.2) is 0 Å². The molecule has 0 aromatic rings. The molecule has 0 aliphatic carbocycles. The molecule has 0 saturated heterocycles. The highest BCUT2D eigenvalue weighted by atomic mass is 16.1. The molecule has 3 unspecified atom stereocenters. The maximum absolute atomic E-state index is 12.1. The minimum absolute atomic E-state index is 0.164. The lowest BCUT2D eigenvalue weighted by Gasteiger charge is -2.25. The van der Waals surface area contributed by atoms with Gasteiger partial charge in [0.05, 0.1) is 0 Å². The molecular weight excluding hydrogens is 222 g/mol. The summed E-state index contributed by atoms with van der Waals surface area (Å²) in [5, 5.41) is 3.25. The van der Waals surface area contributed by atoms with Gasteiger partial charge in [0, 0.05) is 12.0 Å². The van der Waals surface area contributed by atoms with Crippen molar-refractivity contribution in [3.8, 4) is 0 Å². The van der Waals surface area contributed by atoms with Gasteiger partial charge >= 0.3 is 0 Å². The molecule has 3 atom stereocenters. The molecule has 0 radical (unpaired) electrons. The van der Waals surface area contributed by atoms with E-state index in [0.717, 1.165) is 19.3 Å². The summed E-state index contributed by atoms with van der Waals surface area (Å²) < 4.78 is 0. The molecule has 1 amide bonds. The van der Waals surface area contributed by atoms with Crippen LogP contribution in [-0.2, 0) is 4.79 Å². The van der Waals surface area contributed by atoms with E-state index in [2.05, 4.69) is 39.9 Å². The maximum Gasteiger partial charge on any atom is 0.223 e. The lowest BCUT2D eigenvalue weighted by molar-refractivity contribution is -0.125. The Morgan fingerprint density at radius 1 is 1.00 bits per heavy atom. The second-order valence-corrected chi connectivity index (χ2v) is 5.69. The Hall–Kier alpha value is -0.530.